The lowest BCUT2D eigenvalue weighted by Gasteiger charge is -2.72. The molecule has 1 aliphatic heterocycles. The molecule has 5 heteroatoms. The van der Waals surface area contributed by atoms with Gasteiger partial charge in [-0.25, -0.2) is 4.98 Å². The molecule has 0 radical (unpaired) electrons. The summed E-state index contributed by atoms with van der Waals surface area (Å²) in [5.41, 5.74) is 19.5. The molecule has 11 aromatic rings. The van der Waals surface area contributed by atoms with E-state index in [9.17, 15) is 0 Å². The highest BCUT2D eigenvalue weighted by atomic mass is 16.5. The molecule has 0 N–H and O–H groups in total. The lowest BCUT2D eigenvalue weighted by molar-refractivity contribution is 0.0865. The number of fused-ring (bicyclic) bond motifs is 4. The lowest BCUT2D eigenvalue weighted by Crippen LogP contribution is -2.73. The standard InChI is InChI=1S/C77H70N4O/c1-49-44-70(78-47-59(49)50-38-40-51(41-39-50)72(2,3)4)81-66-35-20-13-26-55(66)56-43-42-54(46-69(56)81)82-53-25-23-24-52(45-53)79-48-80(68-37-22-21-36-67(68)79)77-60-29-14-11-27-57(60)71(58-28-12-15-30-61(58)77)75(73(5,6)7)62-31-16-18-33-64(62)76(77,74(8,9)10)65-34-19-17-32-63(65)75/h11-47,71H,48H2,1-10H3. The van der Waals surface area contributed by atoms with Gasteiger partial charge in [-0.15, -0.1) is 0 Å². The monoisotopic (exact) mass is 1070 g/mol. The van der Waals surface area contributed by atoms with Crippen LogP contribution in [0.4, 0.5) is 17.1 Å². The van der Waals surface area contributed by atoms with Crippen molar-refractivity contribution in [2.75, 3.05) is 16.5 Å². The van der Waals surface area contributed by atoms with Crippen LogP contribution in [0.25, 0.3) is 38.8 Å². The summed E-state index contributed by atoms with van der Waals surface area (Å²) >= 11 is 0. The molecule has 0 unspecified atom stereocenters. The number of para-hydroxylation sites is 3. The summed E-state index contributed by atoms with van der Waals surface area (Å²) in [6.07, 6.45) is 2.04. The molecule has 3 heterocycles. The number of hydrogen-bond acceptors (Lipinski definition) is 4. The van der Waals surface area contributed by atoms with Crippen molar-refractivity contribution in [3.05, 3.63) is 280 Å². The summed E-state index contributed by atoms with van der Waals surface area (Å²) in [5, 5.41) is 2.33. The Kier molecular flexibility index (Phi) is 10.7. The number of nitrogens with zero attached hydrogens (tertiary/aromatic N) is 4. The Labute approximate surface area is 483 Å². The Bertz CT molecular complexity index is 4310. The lowest BCUT2D eigenvalue weighted by atomic mass is 9.33. The summed E-state index contributed by atoms with van der Waals surface area (Å²) in [5.74, 6) is 2.45. The van der Waals surface area contributed by atoms with Gasteiger partial charge in [0.1, 0.15) is 22.9 Å². The van der Waals surface area contributed by atoms with Crippen LogP contribution in [0, 0.1) is 17.8 Å². The summed E-state index contributed by atoms with van der Waals surface area (Å²) in [6, 6.07) is 82.7. The first-order chi connectivity index (χ1) is 39.5. The van der Waals surface area contributed by atoms with Crippen molar-refractivity contribution in [2.45, 2.75) is 96.9 Å². The molecular formula is C77H70N4O. The highest BCUT2D eigenvalue weighted by molar-refractivity contribution is 6.09. The van der Waals surface area contributed by atoms with Crippen molar-refractivity contribution in [2.24, 2.45) is 10.8 Å². The van der Waals surface area contributed by atoms with Crippen LogP contribution in [-0.4, -0.2) is 16.2 Å². The van der Waals surface area contributed by atoms with Crippen LogP contribution in [0.5, 0.6) is 11.5 Å². The van der Waals surface area contributed by atoms with Gasteiger partial charge < -0.3 is 14.5 Å². The molecule has 4 bridgehead atoms. The molecule has 0 fully saturated rings. The van der Waals surface area contributed by atoms with Gasteiger partial charge in [-0.1, -0.05) is 220 Å². The largest absolute Gasteiger partial charge is 0.457 e. The predicted octanol–water partition coefficient (Wildman–Crippen LogP) is 19.2. The number of ether oxygens (including phenoxy) is 1. The predicted molar refractivity (Wildman–Crippen MR) is 339 cm³/mol. The Morgan fingerprint density at radius 2 is 1.05 bits per heavy atom. The van der Waals surface area contributed by atoms with Gasteiger partial charge in [-0.3, -0.25) is 4.57 Å². The van der Waals surface area contributed by atoms with E-state index in [-0.39, 0.29) is 22.2 Å². The third-order valence-corrected chi connectivity index (χ3v) is 19.7. The van der Waals surface area contributed by atoms with Crippen LogP contribution in [-0.2, 0) is 21.8 Å². The van der Waals surface area contributed by atoms with E-state index in [4.69, 9.17) is 9.72 Å². The number of anilines is 3. The van der Waals surface area contributed by atoms with Crippen LogP contribution < -0.4 is 14.5 Å². The smallest absolute Gasteiger partial charge is 0.137 e. The van der Waals surface area contributed by atoms with E-state index in [0.29, 0.717) is 6.67 Å². The average molecular weight is 1070 g/mol. The van der Waals surface area contributed by atoms with E-state index >= 15 is 0 Å². The Morgan fingerprint density at radius 1 is 0.488 bits per heavy atom. The quantitative estimate of drug-likeness (QED) is 0.166. The van der Waals surface area contributed by atoms with E-state index < -0.39 is 16.4 Å². The van der Waals surface area contributed by atoms with Crippen molar-refractivity contribution in [3.63, 3.8) is 0 Å². The van der Waals surface area contributed by atoms with Gasteiger partial charge in [0.05, 0.1) is 34.5 Å². The first kappa shape index (κ1) is 50.3. The molecule has 0 atom stereocenters. The fraction of sp³-hybridized carbons (Fsp3) is 0.234. The number of aryl methyl sites for hydroxylation is 1. The molecule has 7 aliphatic rings. The minimum Gasteiger partial charge on any atom is -0.457 e. The number of rotatable bonds is 6. The van der Waals surface area contributed by atoms with E-state index in [1.54, 1.807) is 0 Å². The molecule has 0 amide bonds. The number of pyridine rings is 1. The van der Waals surface area contributed by atoms with E-state index in [1.807, 2.05) is 6.20 Å². The molecule has 0 saturated carbocycles. The third kappa shape index (κ3) is 6.54. The molecule has 404 valence electrons. The first-order valence-electron chi connectivity index (χ1n) is 29.4. The van der Waals surface area contributed by atoms with Crippen LogP contribution in [0.15, 0.2) is 225 Å². The molecule has 5 nitrogen and oxygen atoms in total. The zero-order valence-corrected chi connectivity index (χ0v) is 48.8. The van der Waals surface area contributed by atoms with Crippen LogP contribution in [0.3, 0.4) is 0 Å². The van der Waals surface area contributed by atoms with Gasteiger partial charge in [0, 0.05) is 51.7 Å². The zero-order chi connectivity index (χ0) is 56.3. The highest BCUT2D eigenvalue weighted by Gasteiger charge is 2.75. The molecular weight excluding hydrogens is 997 g/mol. The van der Waals surface area contributed by atoms with E-state index in [2.05, 4.69) is 302 Å². The van der Waals surface area contributed by atoms with Crippen LogP contribution in [0.1, 0.15) is 124 Å². The van der Waals surface area contributed by atoms with Crippen molar-refractivity contribution in [3.8, 4) is 28.4 Å². The number of hydrogen-bond donors (Lipinski definition) is 0. The minimum atomic E-state index is -0.746. The molecule has 18 rings (SSSR count). The van der Waals surface area contributed by atoms with Crippen LogP contribution in [0.2, 0.25) is 0 Å². The molecule has 82 heavy (non-hydrogen) atoms. The molecule has 6 aliphatic carbocycles. The summed E-state index contributed by atoms with van der Waals surface area (Å²) in [4.78, 5) is 10.5. The van der Waals surface area contributed by atoms with E-state index in [0.717, 1.165) is 45.0 Å². The van der Waals surface area contributed by atoms with Gasteiger partial charge in [0.2, 0.25) is 0 Å². The maximum Gasteiger partial charge on any atom is 0.137 e. The Hall–Kier alpha value is -8.67. The Balaban J connectivity index is 0.876. The average Bonchev–Trinajstić information content (AvgIpc) is 1.08. The summed E-state index contributed by atoms with van der Waals surface area (Å²) in [7, 11) is 0. The highest BCUT2D eigenvalue weighted by Crippen LogP contribution is 2.78. The molecule has 0 spiro atoms. The fourth-order valence-electron chi connectivity index (χ4n) is 16.7. The topological polar surface area (TPSA) is 33.5 Å². The second-order valence-electron chi connectivity index (χ2n) is 26.8. The van der Waals surface area contributed by atoms with Gasteiger partial charge in [0.25, 0.3) is 0 Å². The minimum absolute atomic E-state index is 0.0415. The van der Waals surface area contributed by atoms with Crippen molar-refractivity contribution < 1.29 is 4.74 Å². The van der Waals surface area contributed by atoms with Crippen molar-refractivity contribution in [1.82, 2.24) is 9.55 Å². The van der Waals surface area contributed by atoms with Gasteiger partial charge >= 0.3 is 0 Å². The normalized spacial score (nSPS) is 20.5. The summed E-state index contributed by atoms with van der Waals surface area (Å²) in [6.45, 7) is 24.6. The first-order valence-corrected chi connectivity index (χ1v) is 29.4. The third-order valence-electron chi connectivity index (χ3n) is 19.7. The summed E-state index contributed by atoms with van der Waals surface area (Å²) < 4.78 is 9.34. The molecule has 9 aromatic carbocycles. The van der Waals surface area contributed by atoms with E-state index in [1.165, 1.54) is 78.0 Å². The second-order valence-corrected chi connectivity index (χ2v) is 26.8. The van der Waals surface area contributed by atoms with Crippen molar-refractivity contribution in [1.29, 1.82) is 0 Å². The number of benzene rings is 9. The molecule has 2 aromatic heterocycles. The maximum absolute atomic E-state index is 7.05. The zero-order valence-electron chi connectivity index (χ0n) is 48.8. The van der Waals surface area contributed by atoms with Crippen molar-refractivity contribution >= 4 is 38.9 Å². The SMILES string of the molecule is Cc1cc(-n2c3ccccc3c3ccc(Oc4cccc(N5CN(C67c8ccccc8C(c8ccccc86)C6(C(C)(C)C)c8ccccc8C7(C(C)(C)C)c7ccccc76)c6ccccc65)c4)cc32)ncc1-c1ccc(C(C)(C)C)cc1. The maximum atomic E-state index is 7.05. The molecule has 0 saturated heterocycles. The fourth-order valence-corrected chi connectivity index (χ4v) is 16.7. The Morgan fingerprint density at radius 3 is 1.67 bits per heavy atom. The number of aromatic nitrogens is 2. The second kappa shape index (κ2) is 17.4. The van der Waals surface area contributed by atoms with Crippen LogP contribution >= 0.6 is 0 Å². The van der Waals surface area contributed by atoms with Gasteiger partial charge in [0.15, 0.2) is 0 Å². The van der Waals surface area contributed by atoms with Gasteiger partial charge in [-0.2, -0.15) is 0 Å². The van der Waals surface area contributed by atoms with Gasteiger partial charge in [-0.05, 0) is 133 Å².